The topological polar surface area (TPSA) is 9.23 Å². The van der Waals surface area contributed by atoms with E-state index in [0.29, 0.717) is 0 Å². The van der Waals surface area contributed by atoms with Gasteiger partial charge in [0.15, 0.2) is 0 Å². The van der Waals surface area contributed by atoms with Gasteiger partial charge in [-0.05, 0) is 36.0 Å². The first kappa shape index (κ1) is 10.5. The normalized spacial score (nSPS) is 15.9. The molecule has 1 aromatic rings. The van der Waals surface area contributed by atoms with Gasteiger partial charge in [0.1, 0.15) is 5.75 Å². The molecule has 1 heterocycles. The summed E-state index contributed by atoms with van der Waals surface area (Å²) < 4.78 is 5.50. The van der Waals surface area contributed by atoms with Gasteiger partial charge in [0.05, 0.1) is 6.61 Å². The highest BCUT2D eigenvalue weighted by Gasteiger charge is 2.11. The summed E-state index contributed by atoms with van der Waals surface area (Å²) in [7, 11) is 0. The van der Waals surface area contributed by atoms with Crippen LogP contribution in [0.25, 0.3) is 0 Å². The molecule has 82 valence electrons. The summed E-state index contributed by atoms with van der Waals surface area (Å²) in [5.74, 6) is 1.94. The van der Waals surface area contributed by atoms with Crippen molar-refractivity contribution in [1.82, 2.24) is 0 Å². The summed E-state index contributed by atoms with van der Waals surface area (Å²) in [6.45, 7) is 5.46. The Morgan fingerprint density at radius 1 is 1.40 bits per heavy atom. The average Bonchev–Trinajstić information content (AvgIpc) is 2.72. The van der Waals surface area contributed by atoms with E-state index in [-0.39, 0.29) is 0 Å². The standard InChI is InChI=1S/C14H20O/c1-3-11(2)4-5-12-6-7-14-13(10-12)8-9-15-14/h6-7,10-11H,3-5,8-9H2,1-2H3. The van der Waals surface area contributed by atoms with Crippen molar-refractivity contribution < 1.29 is 4.74 Å². The first-order valence-electron chi connectivity index (χ1n) is 6.04. The van der Waals surface area contributed by atoms with Gasteiger partial charge in [-0.25, -0.2) is 0 Å². The molecule has 1 aromatic carbocycles. The second-order valence-corrected chi connectivity index (χ2v) is 4.59. The van der Waals surface area contributed by atoms with Gasteiger partial charge in [0.2, 0.25) is 0 Å². The lowest BCUT2D eigenvalue weighted by Gasteiger charge is -2.08. The molecule has 1 nitrogen and oxygen atoms in total. The summed E-state index contributed by atoms with van der Waals surface area (Å²) >= 11 is 0. The van der Waals surface area contributed by atoms with Crippen LogP contribution >= 0.6 is 0 Å². The Labute approximate surface area is 92.5 Å². The number of ether oxygens (including phenoxy) is 1. The maximum Gasteiger partial charge on any atom is 0.122 e. The average molecular weight is 204 g/mol. The molecule has 0 saturated carbocycles. The third kappa shape index (κ3) is 2.53. The maximum atomic E-state index is 5.50. The number of fused-ring (bicyclic) bond motifs is 1. The van der Waals surface area contributed by atoms with E-state index < -0.39 is 0 Å². The van der Waals surface area contributed by atoms with Gasteiger partial charge in [-0.15, -0.1) is 0 Å². The molecule has 1 heteroatoms. The summed E-state index contributed by atoms with van der Waals surface area (Å²) in [6.07, 6.45) is 4.89. The Morgan fingerprint density at radius 2 is 2.27 bits per heavy atom. The monoisotopic (exact) mass is 204 g/mol. The molecular formula is C14H20O. The van der Waals surface area contributed by atoms with Crippen molar-refractivity contribution >= 4 is 0 Å². The van der Waals surface area contributed by atoms with E-state index in [1.807, 2.05) is 0 Å². The van der Waals surface area contributed by atoms with E-state index in [0.717, 1.165) is 24.7 Å². The predicted octanol–water partition coefficient (Wildman–Crippen LogP) is 3.60. The van der Waals surface area contributed by atoms with Crippen molar-refractivity contribution in [2.24, 2.45) is 5.92 Å². The Balaban J connectivity index is 1.98. The molecule has 0 spiro atoms. The van der Waals surface area contributed by atoms with Gasteiger partial charge in [-0.2, -0.15) is 0 Å². The Morgan fingerprint density at radius 3 is 3.07 bits per heavy atom. The fraction of sp³-hybridized carbons (Fsp3) is 0.571. The summed E-state index contributed by atoms with van der Waals surface area (Å²) in [6, 6.07) is 6.67. The van der Waals surface area contributed by atoms with E-state index in [4.69, 9.17) is 4.74 Å². The zero-order valence-corrected chi connectivity index (χ0v) is 9.75. The molecule has 1 atom stereocenters. The largest absolute Gasteiger partial charge is 0.493 e. The highest BCUT2D eigenvalue weighted by atomic mass is 16.5. The lowest BCUT2D eigenvalue weighted by molar-refractivity contribution is 0.357. The molecule has 0 fully saturated rings. The predicted molar refractivity (Wildman–Crippen MR) is 63.4 cm³/mol. The summed E-state index contributed by atoms with van der Waals surface area (Å²) in [5.41, 5.74) is 2.87. The van der Waals surface area contributed by atoms with E-state index >= 15 is 0 Å². The van der Waals surface area contributed by atoms with Crippen LogP contribution in [0.1, 0.15) is 37.8 Å². The van der Waals surface area contributed by atoms with Gasteiger partial charge in [0.25, 0.3) is 0 Å². The van der Waals surface area contributed by atoms with E-state index in [1.165, 1.54) is 30.4 Å². The number of aryl methyl sites for hydroxylation is 1. The minimum atomic E-state index is 0.842. The van der Waals surface area contributed by atoms with Crippen LogP contribution in [0.4, 0.5) is 0 Å². The number of hydrogen-bond donors (Lipinski definition) is 0. The van der Waals surface area contributed by atoms with E-state index in [1.54, 1.807) is 0 Å². The minimum absolute atomic E-state index is 0.842. The highest BCUT2D eigenvalue weighted by Crippen LogP contribution is 2.26. The van der Waals surface area contributed by atoms with Crippen molar-refractivity contribution in [3.8, 4) is 5.75 Å². The van der Waals surface area contributed by atoms with Crippen molar-refractivity contribution in [2.45, 2.75) is 39.5 Å². The van der Waals surface area contributed by atoms with Gasteiger partial charge in [0, 0.05) is 6.42 Å². The second kappa shape index (κ2) is 4.69. The molecule has 0 bridgehead atoms. The van der Waals surface area contributed by atoms with E-state index in [9.17, 15) is 0 Å². The molecule has 2 rings (SSSR count). The number of benzene rings is 1. The molecule has 0 aromatic heterocycles. The lowest BCUT2D eigenvalue weighted by Crippen LogP contribution is -1.95. The zero-order valence-electron chi connectivity index (χ0n) is 9.75. The summed E-state index contributed by atoms with van der Waals surface area (Å²) in [4.78, 5) is 0. The molecule has 0 N–H and O–H groups in total. The first-order valence-corrected chi connectivity index (χ1v) is 6.04. The van der Waals surface area contributed by atoms with Gasteiger partial charge in [-0.3, -0.25) is 0 Å². The van der Waals surface area contributed by atoms with Crippen molar-refractivity contribution in [3.63, 3.8) is 0 Å². The van der Waals surface area contributed by atoms with Crippen LogP contribution in [0.3, 0.4) is 0 Å². The number of hydrogen-bond acceptors (Lipinski definition) is 1. The first-order chi connectivity index (χ1) is 7.29. The quantitative estimate of drug-likeness (QED) is 0.728. The molecule has 1 aliphatic heterocycles. The molecule has 15 heavy (non-hydrogen) atoms. The van der Waals surface area contributed by atoms with Crippen LogP contribution in [0, 0.1) is 5.92 Å². The third-order valence-electron chi connectivity index (χ3n) is 3.38. The van der Waals surface area contributed by atoms with E-state index in [2.05, 4.69) is 32.0 Å². The second-order valence-electron chi connectivity index (χ2n) is 4.59. The van der Waals surface area contributed by atoms with Crippen LogP contribution in [-0.2, 0) is 12.8 Å². The van der Waals surface area contributed by atoms with Crippen LogP contribution in [-0.4, -0.2) is 6.61 Å². The fourth-order valence-electron chi connectivity index (χ4n) is 2.01. The molecule has 1 aliphatic rings. The molecule has 0 aliphatic carbocycles. The van der Waals surface area contributed by atoms with Crippen LogP contribution in [0.5, 0.6) is 5.75 Å². The van der Waals surface area contributed by atoms with Crippen molar-refractivity contribution in [2.75, 3.05) is 6.61 Å². The highest BCUT2D eigenvalue weighted by molar-refractivity contribution is 5.39. The van der Waals surface area contributed by atoms with Gasteiger partial charge >= 0.3 is 0 Å². The van der Waals surface area contributed by atoms with Gasteiger partial charge in [-0.1, -0.05) is 32.4 Å². The smallest absolute Gasteiger partial charge is 0.122 e. The van der Waals surface area contributed by atoms with Crippen LogP contribution < -0.4 is 4.74 Å². The van der Waals surface area contributed by atoms with Crippen LogP contribution in [0.15, 0.2) is 18.2 Å². The molecule has 0 saturated heterocycles. The minimum Gasteiger partial charge on any atom is -0.493 e. The SMILES string of the molecule is CCC(C)CCc1ccc2c(c1)CCO2. The molecule has 0 radical (unpaired) electrons. The number of rotatable bonds is 4. The Hall–Kier alpha value is -0.980. The van der Waals surface area contributed by atoms with Crippen LogP contribution in [0.2, 0.25) is 0 Å². The fourth-order valence-corrected chi connectivity index (χ4v) is 2.01. The third-order valence-corrected chi connectivity index (χ3v) is 3.38. The summed E-state index contributed by atoms with van der Waals surface area (Å²) in [5, 5.41) is 0. The lowest BCUT2D eigenvalue weighted by atomic mass is 9.98. The molecule has 1 unspecified atom stereocenters. The Kier molecular flexibility index (Phi) is 3.30. The van der Waals surface area contributed by atoms with Gasteiger partial charge < -0.3 is 4.74 Å². The molecule has 0 amide bonds. The zero-order chi connectivity index (χ0) is 10.7. The van der Waals surface area contributed by atoms with Crippen molar-refractivity contribution in [3.05, 3.63) is 29.3 Å². The Bertz CT molecular complexity index is 330. The van der Waals surface area contributed by atoms with Crippen molar-refractivity contribution in [1.29, 1.82) is 0 Å². The maximum absolute atomic E-state index is 5.50. The molecular weight excluding hydrogens is 184 g/mol.